The second-order valence-corrected chi connectivity index (χ2v) is 70.4. The van der Waals surface area contributed by atoms with Crippen molar-refractivity contribution in [1.82, 2.24) is 0 Å². The van der Waals surface area contributed by atoms with Crippen LogP contribution in [0.5, 0.6) is 0 Å². The van der Waals surface area contributed by atoms with Crippen molar-refractivity contribution in [1.29, 1.82) is 0 Å². The van der Waals surface area contributed by atoms with Gasteiger partial charge in [-0.25, -0.2) is 0 Å². The topological polar surface area (TPSA) is 39.4 Å². The van der Waals surface area contributed by atoms with Gasteiger partial charge >= 0.3 is 5.52 Å². The molecule has 0 aliphatic rings. The average molecular weight is 699 g/mol. The van der Waals surface area contributed by atoms with Crippen molar-refractivity contribution in [3.05, 3.63) is 36.4 Å². The molecule has 0 aliphatic carbocycles. The molecule has 41 heavy (non-hydrogen) atoms. The number of hydrogen-bond acceptors (Lipinski definition) is 6. The van der Waals surface area contributed by atoms with E-state index < -0.39 is 34.9 Å². The highest BCUT2D eigenvalue weighted by molar-refractivity contribution is 8.82. The van der Waals surface area contributed by atoms with Gasteiger partial charge in [0.25, 0.3) is 0 Å². The van der Waals surface area contributed by atoms with Crippen LogP contribution in [0, 0.1) is 0 Å². The Kier molecular flexibility index (Phi) is 11.0. The van der Waals surface area contributed by atoms with Crippen LogP contribution in [0.4, 0.5) is 0 Å². The summed E-state index contributed by atoms with van der Waals surface area (Å²) in [6.45, 7) is 35.4. The van der Waals surface area contributed by atoms with Crippen LogP contribution in [0.1, 0.15) is 41.5 Å². The Balaban J connectivity index is 2.04. The second-order valence-electron chi connectivity index (χ2n) is 15.0. The van der Waals surface area contributed by atoms with Crippen LogP contribution >= 0.6 is 33.6 Å². The Morgan fingerprint density at radius 2 is 0.732 bits per heavy atom. The molecule has 3 aromatic rings. The summed E-state index contributed by atoms with van der Waals surface area (Å²) >= 11 is 6.35. The lowest BCUT2D eigenvalue weighted by Gasteiger charge is -2.55. The highest BCUT2D eigenvalue weighted by atomic mass is 32.8. The van der Waals surface area contributed by atoms with Crippen molar-refractivity contribution in [3.63, 3.8) is 0 Å². The average Bonchev–Trinajstić information content (AvgIpc) is 3.49. The van der Waals surface area contributed by atoms with Crippen LogP contribution in [0.25, 0.3) is 23.0 Å². The molecular weight excluding hydrogens is 645 g/mol. The summed E-state index contributed by atoms with van der Waals surface area (Å²) in [4.78, 5) is 0. The molecule has 0 saturated heterocycles. The fraction of sp³-hybridized carbons (Fsp3) is 0.600. The first-order valence-electron chi connectivity index (χ1n) is 15.0. The molecule has 0 spiro atoms. The predicted molar refractivity (Wildman–Crippen MR) is 203 cm³/mol. The minimum atomic E-state index is -2.06. The molecule has 3 aromatic heterocycles. The summed E-state index contributed by atoms with van der Waals surface area (Å²) in [5, 5.41) is 4.08. The maximum absolute atomic E-state index is 6.89. The van der Waals surface area contributed by atoms with Gasteiger partial charge in [-0.15, -0.1) is 0 Å². The van der Waals surface area contributed by atoms with E-state index in [2.05, 4.69) is 164 Å². The minimum absolute atomic E-state index is 0.537. The van der Waals surface area contributed by atoms with Crippen LogP contribution in [-0.4, -0.2) is 50.7 Å². The maximum atomic E-state index is 6.89. The molecule has 230 valence electrons. The van der Waals surface area contributed by atoms with E-state index in [1.807, 2.05) is 6.07 Å². The Morgan fingerprint density at radius 1 is 0.439 bits per heavy atom. The van der Waals surface area contributed by atoms with Gasteiger partial charge in [-0.1, -0.05) is 100 Å². The summed E-state index contributed by atoms with van der Waals surface area (Å²) in [5.41, 5.74) is -2.06. The van der Waals surface area contributed by atoms with E-state index in [-0.39, 0.29) is 0 Å². The van der Waals surface area contributed by atoms with E-state index in [4.69, 9.17) is 13.3 Å². The van der Waals surface area contributed by atoms with Gasteiger partial charge in [-0.2, -0.15) is 33.6 Å². The largest absolute Gasteiger partial charge is 0.464 e. The van der Waals surface area contributed by atoms with Crippen LogP contribution in [0.3, 0.4) is 0 Å². The molecule has 0 fully saturated rings. The van der Waals surface area contributed by atoms with Gasteiger partial charge < -0.3 is 13.3 Å². The molecule has 3 rings (SSSR count). The lowest BCUT2D eigenvalue weighted by molar-refractivity contribution is 0.523. The zero-order valence-electron chi connectivity index (χ0n) is 28.1. The van der Waals surface area contributed by atoms with Crippen molar-refractivity contribution >= 4 is 79.3 Å². The lowest BCUT2D eigenvalue weighted by atomic mass is 10.3. The van der Waals surface area contributed by atoms with Crippen molar-refractivity contribution in [2.75, 3.05) is 0 Å². The maximum Gasteiger partial charge on any atom is 0.310 e. The third kappa shape index (κ3) is 7.28. The van der Waals surface area contributed by atoms with Gasteiger partial charge in [0.1, 0.15) is 12.0 Å². The Hall–Kier alpha value is -0.0256. The van der Waals surface area contributed by atoms with E-state index in [9.17, 15) is 0 Å². The normalized spacial score (nSPS) is 14.2. The molecule has 0 aliphatic heterocycles. The van der Waals surface area contributed by atoms with Gasteiger partial charge in [0.2, 0.25) is 0 Å². The van der Waals surface area contributed by atoms with Crippen LogP contribution in [0.2, 0.25) is 58.9 Å². The van der Waals surface area contributed by atoms with Gasteiger partial charge in [-0.3, -0.25) is 0 Å². The van der Waals surface area contributed by atoms with Crippen LogP contribution < -0.4 is 10.8 Å². The highest BCUT2D eigenvalue weighted by Crippen LogP contribution is 2.48. The fourth-order valence-corrected chi connectivity index (χ4v) is 129. The number of hydrogen-bond donors (Lipinski definition) is 0. The summed E-state index contributed by atoms with van der Waals surface area (Å²) in [6.07, 6.45) is 0. The van der Waals surface area contributed by atoms with Crippen molar-refractivity contribution in [2.24, 2.45) is 0 Å². The molecular formula is C30H54O3S3Si5. The summed E-state index contributed by atoms with van der Waals surface area (Å²) in [5.74, 6) is 3.23. The Morgan fingerprint density at radius 3 is 1.07 bits per heavy atom. The Bertz CT molecular complexity index is 1230. The first-order valence-corrected chi connectivity index (χ1v) is 37.3. The van der Waals surface area contributed by atoms with E-state index in [0.717, 1.165) is 28.4 Å². The SMILES string of the molecule is CC(C)S[Si](SC(C)C)(SC(C)C)c1ccc(-c2ccc(-c3ccc([Si]([Si](C)(C)C)([Si](C)(C)C)[Si](C)(C)C)o3)o2)o1. The van der Waals surface area contributed by atoms with Gasteiger partial charge in [0, 0.05) is 22.8 Å². The minimum Gasteiger partial charge on any atom is -0.464 e. The van der Waals surface area contributed by atoms with Crippen molar-refractivity contribution in [3.8, 4) is 23.0 Å². The third-order valence-corrected chi connectivity index (χ3v) is 95.5. The van der Waals surface area contributed by atoms with Gasteiger partial charge in [0.15, 0.2) is 23.0 Å². The fourth-order valence-electron chi connectivity index (χ4n) is 7.58. The third-order valence-electron chi connectivity index (χ3n) is 7.52. The molecule has 0 bridgehead atoms. The zero-order valence-corrected chi connectivity index (χ0v) is 35.6. The first kappa shape index (κ1) is 35.5. The predicted octanol–water partition coefficient (Wildman–Crippen LogP) is 10.3. The van der Waals surface area contributed by atoms with Crippen molar-refractivity contribution in [2.45, 2.75) is 116 Å². The van der Waals surface area contributed by atoms with Crippen LogP contribution in [0.15, 0.2) is 49.6 Å². The van der Waals surface area contributed by atoms with Crippen molar-refractivity contribution < 1.29 is 13.3 Å². The van der Waals surface area contributed by atoms with Gasteiger partial charge in [0.05, 0.1) is 5.38 Å². The van der Waals surface area contributed by atoms with E-state index >= 15 is 0 Å². The molecule has 3 heterocycles. The number of rotatable bonds is 13. The van der Waals surface area contributed by atoms with E-state index in [1.54, 1.807) is 0 Å². The Labute approximate surface area is 266 Å². The smallest absolute Gasteiger partial charge is 0.310 e. The lowest BCUT2D eigenvalue weighted by Crippen LogP contribution is -2.88. The molecule has 11 heteroatoms. The molecule has 0 amide bonds. The molecule has 0 unspecified atom stereocenters. The molecule has 0 radical (unpaired) electrons. The van der Waals surface area contributed by atoms with Gasteiger partial charge in [-0.05, 0) is 52.1 Å². The highest BCUT2D eigenvalue weighted by Gasteiger charge is 2.64. The molecule has 3 nitrogen and oxygen atoms in total. The first-order chi connectivity index (χ1) is 18.6. The van der Waals surface area contributed by atoms with E-state index in [1.165, 1.54) is 5.38 Å². The zero-order chi connectivity index (χ0) is 31.2. The van der Waals surface area contributed by atoms with E-state index in [0.29, 0.717) is 15.7 Å². The summed E-state index contributed by atoms with van der Waals surface area (Å²) in [7, 11) is -4.54. The second kappa shape index (κ2) is 12.8. The summed E-state index contributed by atoms with van der Waals surface area (Å²) < 4.78 is 20.0. The molecule has 0 aromatic carbocycles. The quantitative estimate of drug-likeness (QED) is 0.166. The summed E-state index contributed by atoms with van der Waals surface area (Å²) in [6, 6.07) is 12.9. The molecule has 0 N–H and O–H groups in total. The molecule has 0 atom stereocenters. The van der Waals surface area contributed by atoms with Crippen LogP contribution in [-0.2, 0) is 0 Å². The number of furan rings is 3. The monoisotopic (exact) mass is 698 g/mol. The standard InChI is InChI=1S/C30H54O3S3Si5/c1-22(2)34-40(35-23(3)4,36-24(5)6)29-20-18-27(32-29)25-16-17-26(31-25)28-19-21-30(33-28)41(37(7,8)9,38(10,11)12)39(13,14)15/h16-24H,1-15H3. The molecule has 0 saturated carbocycles.